The van der Waals surface area contributed by atoms with Crippen molar-refractivity contribution in [3.8, 4) is 5.75 Å². The summed E-state index contributed by atoms with van der Waals surface area (Å²) in [5.41, 5.74) is 1.43. The number of fused-ring (bicyclic) bond motifs is 1. The maximum Gasteiger partial charge on any atom is 0.323 e. The lowest BCUT2D eigenvalue weighted by atomic mass is 10.1. The van der Waals surface area contributed by atoms with E-state index in [2.05, 4.69) is 10.6 Å². The number of urea groups is 1. The number of anilines is 1. The molecule has 0 radical (unpaired) electrons. The molecule has 0 unspecified atom stereocenters. The highest BCUT2D eigenvalue weighted by Gasteiger charge is 2.06. The Morgan fingerprint density at radius 2 is 1.71 bits per heavy atom. The molecule has 0 atom stereocenters. The molecule has 4 nitrogen and oxygen atoms in total. The molecule has 0 aliphatic carbocycles. The Labute approximate surface area is 144 Å². The van der Waals surface area contributed by atoms with E-state index in [9.17, 15) is 9.90 Å². The van der Waals surface area contributed by atoms with E-state index in [1.165, 1.54) is 6.20 Å². The fourth-order valence-corrected chi connectivity index (χ4v) is 2.58. The van der Waals surface area contributed by atoms with Crippen LogP contribution in [-0.4, -0.2) is 11.1 Å². The maximum atomic E-state index is 12.0. The van der Waals surface area contributed by atoms with Crippen LogP contribution in [0.3, 0.4) is 0 Å². The second kappa shape index (κ2) is 7.06. The van der Waals surface area contributed by atoms with Gasteiger partial charge in [-0.2, -0.15) is 0 Å². The Balaban J connectivity index is 1.72. The predicted octanol–water partition coefficient (Wildman–Crippen LogP) is 4.99. The summed E-state index contributed by atoms with van der Waals surface area (Å²) in [6.45, 7) is 0. The third-order valence-electron chi connectivity index (χ3n) is 3.53. The van der Waals surface area contributed by atoms with Gasteiger partial charge in [-0.25, -0.2) is 4.79 Å². The quantitative estimate of drug-likeness (QED) is 0.630. The molecule has 5 heteroatoms. The summed E-state index contributed by atoms with van der Waals surface area (Å²) in [6.07, 6.45) is 3.25. The molecule has 3 aromatic carbocycles. The number of hydrogen-bond acceptors (Lipinski definition) is 2. The molecule has 24 heavy (non-hydrogen) atoms. The van der Waals surface area contributed by atoms with E-state index >= 15 is 0 Å². The van der Waals surface area contributed by atoms with Crippen LogP contribution in [0.1, 0.15) is 5.56 Å². The summed E-state index contributed by atoms with van der Waals surface area (Å²) in [5, 5.41) is 17.3. The fraction of sp³-hybridized carbons (Fsp3) is 0. The van der Waals surface area contributed by atoms with Gasteiger partial charge >= 0.3 is 6.03 Å². The van der Waals surface area contributed by atoms with Gasteiger partial charge in [-0.3, -0.25) is 0 Å². The lowest BCUT2D eigenvalue weighted by Crippen LogP contribution is -2.23. The topological polar surface area (TPSA) is 61.4 Å². The molecule has 120 valence electrons. The van der Waals surface area contributed by atoms with Gasteiger partial charge < -0.3 is 15.7 Å². The van der Waals surface area contributed by atoms with Crippen molar-refractivity contribution < 1.29 is 9.90 Å². The number of halogens is 1. The molecule has 3 aromatic rings. The van der Waals surface area contributed by atoms with Crippen molar-refractivity contribution >= 4 is 40.2 Å². The normalized spacial score (nSPS) is 10.9. The number of phenols is 1. The third kappa shape index (κ3) is 3.50. The molecule has 0 heterocycles. The minimum atomic E-state index is -0.380. The number of amides is 2. The van der Waals surface area contributed by atoms with Crippen molar-refractivity contribution in [2.75, 3.05) is 5.32 Å². The molecular formula is C19H15ClN2O2. The monoisotopic (exact) mass is 338 g/mol. The Kier molecular flexibility index (Phi) is 4.68. The summed E-state index contributed by atoms with van der Waals surface area (Å²) >= 11 is 6.05. The zero-order valence-corrected chi connectivity index (χ0v) is 13.4. The molecular weight excluding hydrogens is 324 g/mol. The van der Waals surface area contributed by atoms with Crippen LogP contribution in [-0.2, 0) is 0 Å². The van der Waals surface area contributed by atoms with E-state index in [0.29, 0.717) is 16.1 Å². The number of rotatable bonds is 3. The highest BCUT2D eigenvalue weighted by atomic mass is 35.5. The minimum Gasteiger partial charge on any atom is -0.507 e. The van der Waals surface area contributed by atoms with Crippen LogP contribution < -0.4 is 10.6 Å². The first-order valence-electron chi connectivity index (χ1n) is 7.34. The molecule has 0 saturated carbocycles. The van der Waals surface area contributed by atoms with Gasteiger partial charge in [-0.15, -0.1) is 0 Å². The van der Waals surface area contributed by atoms with Crippen LogP contribution in [0, 0.1) is 0 Å². The molecule has 0 aliphatic rings. The van der Waals surface area contributed by atoms with E-state index in [-0.39, 0.29) is 11.8 Å². The zero-order valence-electron chi connectivity index (χ0n) is 12.7. The van der Waals surface area contributed by atoms with Crippen molar-refractivity contribution in [1.29, 1.82) is 0 Å². The fourth-order valence-electron chi connectivity index (χ4n) is 2.38. The Morgan fingerprint density at radius 1 is 0.958 bits per heavy atom. The number of phenolic OH excluding ortho intramolecular Hbond substituents is 1. The van der Waals surface area contributed by atoms with E-state index in [4.69, 9.17) is 11.6 Å². The molecule has 2 amide bonds. The first-order chi connectivity index (χ1) is 11.6. The average molecular weight is 339 g/mol. The smallest absolute Gasteiger partial charge is 0.323 e. The lowest BCUT2D eigenvalue weighted by molar-refractivity contribution is 0.255. The van der Waals surface area contributed by atoms with Gasteiger partial charge in [0, 0.05) is 22.0 Å². The van der Waals surface area contributed by atoms with Gasteiger partial charge in [0.1, 0.15) is 5.75 Å². The third-order valence-corrected chi connectivity index (χ3v) is 3.87. The van der Waals surface area contributed by atoms with Crippen molar-refractivity contribution in [3.63, 3.8) is 0 Å². The van der Waals surface area contributed by atoms with E-state index in [1.807, 2.05) is 24.3 Å². The molecule has 3 rings (SSSR count). The highest BCUT2D eigenvalue weighted by molar-refractivity contribution is 6.32. The maximum absolute atomic E-state index is 12.0. The molecule has 0 bridgehead atoms. The summed E-state index contributed by atoms with van der Waals surface area (Å²) in [4.78, 5) is 12.0. The molecule has 0 aliphatic heterocycles. The van der Waals surface area contributed by atoms with E-state index in [1.54, 1.807) is 42.5 Å². The average Bonchev–Trinajstić information content (AvgIpc) is 2.58. The van der Waals surface area contributed by atoms with Crippen LogP contribution >= 0.6 is 11.6 Å². The Hall–Kier alpha value is -2.98. The standard InChI is InChI=1S/C19H15ClN2O2/c20-16-8-2-1-5-13(16)11-12-21-19(24)22-17-9-3-7-15-14(17)6-4-10-18(15)23/h1-12,23H,(H2,21,22,24)/b12-11+. The molecule has 0 saturated heterocycles. The van der Waals surface area contributed by atoms with Gasteiger partial charge in [0.05, 0.1) is 5.69 Å². The Bertz CT molecular complexity index is 922. The number of carbonyl (C=O) groups excluding carboxylic acids is 1. The summed E-state index contributed by atoms with van der Waals surface area (Å²) < 4.78 is 0. The first kappa shape index (κ1) is 15.9. The molecule has 3 N–H and O–H groups in total. The van der Waals surface area contributed by atoms with Crippen molar-refractivity contribution in [2.45, 2.75) is 0 Å². The van der Waals surface area contributed by atoms with E-state index < -0.39 is 0 Å². The van der Waals surface area contributed by atoms with Gasteiger partial charge in [-0.05, 0) is 29.8 Å². The molecule has 0 aromatic heterocycles. The first-order valence-corrected chi connectivity index (χ1v) is 7.72. The van der Waals surface area contributed by atoms with Crippen LogP contribution in [0.15, 0.2) is 66.9 Å². The number of nitrogens with one attached hydrogen (secondary N) is 2. The number of aromatic hydroxyl groups is 1. The van der Waals surface area contributed by atoms with Crippen molar-refractivity contribution in [3.05, 3.63) is 77.4 Å². The molecule has 0 fully saturated rings. The van der Waals surface area contributed by atoms with Crippen LogP contribution in [0.2, 0.25) is 5.02 Å². The number of carbonyl (C=O) groups is 1. The summed E-state index contributed by atoms with van der Waals surface area (Å²) in [5.74, 6) is 0.176. The second-order valence-corrected chi connectivity index (χ2v) is 5.54. The van der Waals surface area contributed by atoms with Crippen LogP contribution in [0.5, 0.6) is 5.75 Å². The van der Waals surface area contributed by atoms with E-state index in [0.717, 1.165) is 10.9 Å². The van der Waals surface area contributed by atoms with Crippen molar-refractivity contribution in [1.82, 2.24) is 5.32 Å². The lowest BCUT2D eigenvalue weighted by Gasteiger charge is -2.09. The van der Waals surface area contributed by atoms with Crippen LogP contribution in [0.4, 0.5) is 10.5 Å². The van der Waals surface area contributed by atoms with Gasteiger partial charge in [0.2, 0.25) is 0 Å². The van der Waals surface area contributed by atoms with Gasteiger partial charge in [-0.1, -0.05) is 54.1 Å². The zero-order chi connectivity index (χ0) is 16.9. The SMILES string of the molecule is O=C(N/C=C/c1ccccc1Cl)Nc1cccc2c(O)cccc12. The van der Waals surface area contributed by atoms with Gasteiger partial charge in [0.25, 0.3) is 0 Å². The second-order valence-electron chi connectivity index (χ2n) is 5.13. The van der Waals surface area contributed by atoms with Gasteiger partial charge in [0.15, 0.2) is 0 Å². The Morgan fingerprint density at radius 3 is 2.54 bits per heavy atom. The summed E-state index contributed by atoms with van der Waals surface area (Å²) in [6, 6.07) is 17.5. The summed E-state index contributed by atoms with van der Waals surface area (Å²) in [7, 11) is 0. The highest BCUT2D eigenvalue weighted by Crippen LogP contribution is 2.29. The largest absolute Gasteiger partial charge is 0.507 e. The minimum absolute atomic E-state index is 0.176. The molecule has 0 spiro atoms. The van der Waals surface area contributed by atoms with Crippen molar-refractivity contribution in [2.24, 2.45) is 0 Å². The number of benzene rings is 3. The van der Waals surface area contributed by atoms with Crippen LogP contribution in [0.25, 0.3) is 16.8 Å². The predicted molar refractivity (Wildman–Crippen MR) is 98.3 cm³/mol. The number of hydrogen-bond donors (Lipinski definition) is 3.